The lowest BCUT2D eigenvalue weighted by molar-refractivity contribution is 0.0342. The van der Waals surface area contributed by atoms with E-state index >= 15 is 0 Å². The van der Waals surface area contributed by atoms with Gasteiger partial charge in [-0.1, -0.05) is 18.5 Å². The van der Waals surface area contributed by atoms with Gasteiger partial charge in [0, 0.05) is 12.8 Å². The maximum Gasteiger partial charge on any atom is 0.119 e. The van der Waals surface area contributed by atoms with E-state index in [9.17, 15) is 5.11 Å². The van der Waals surface area contributed by atoms with Crippen molar-refractivity contribution in [2.75, 3.05) is 13.2 Å². The summed E-state index contributed by atoms with van der Waals surface area (Å²) in [6.45, 7) is 2.96. The fraction of sp³-hybridized carbons (Fsp3) is 0.500. The smallest absolute Gasteiger partial charge is 0.119 e. The predicted octanol–water partition coefficient (Wildman–Crippen LogP) is 2.20. The molecule has 1 heterocycles. The first-order valence-corrected chi connectivity index (χ1v) is 4.99. The Hall–Kier alpha value is -0.640. The molecule has 0 aliphatic carbocycles. The molecule has 1 atom stereocenters. The van der Waals surface area contributed by atoms with Crippen LogP contribution in [0.3, 0.4) is 0 Å². The maximum absolute atomic E-state index is 9.61. The van der Waals surface area contributed by atoms with E-state index in [0.29, 0.717) is 17.3 Å². The first-order valence-electron chi connectivity index (χ1n) is 4.61. The molecule has 78 valence electrons. The lowest BCUT2D eigenvalue weighted by Gasteiger charge is -2.09. The number of aromatic nitrogens is 1. The highest BCUT2D eigenvalue weighted by Crippen LogP contribution is 2.13. The zero-order valence-electron chi connectivity index (χ0n) is 8.11. The lowest BCUT2D eigenvalue weighted by atomic mass is 10.2. The fourth-order valence-corrected chi connectivity index (χ4v) is 1.12. The fourth-order valence-electron chi connectivity index (χ4n) is 1.01. The van der Waals surface area contributed by atoms with Gasteiger partial charge in [0.15, 0.2) is 0 Å². The highest BCUT2D eigenvalue weighted by atomic mass is 35.5. The molecule has 1 unspecified atom stereocenters. The molecule has 0 bridgehead atoms. The molecule has 1 aromatic heterocycles. The summed E-state index contributed by atoms with van der Waals surface area (Å²) in [5, 5.41) is 10.2. The monoisotopic (exact) mass is 215 g/mol. The molecule has 0 saturated carbocycles. The van der Waals surface area contributed by atoms with E-state index in [-0.39, 0.29) is 6.61 Å². The molecule has 0 spiro atoms. The molecule has 0 aliphatic rings. The second kappa shape index (κ2) is 5.96. The van der Waals surface area contributed by atoms with Gasteiger partial charge < -0.3 is 9.84 Å². The molecule has 0 aliphatic heterocycles. The highest BCUT2D eigenvalue weighted by Gasteiger charge is 2.08. The summed E-state index contributed by atoms with van der Waals surface area (Å²) in [4.78, 5) is 3.99. The second-order valence-corrected chi connectivity index (χ2v) is 3.43. The minimum absolute atomic E-state index is 0.280. The van der Waals surface area contributed by atoms with Gasteiger partial charge in [0.25, 0.3) is 0 Å². The summed E-state index contributed by atoms with van der Waals surface area (Å²) in [5.74, 6) is 0. The van der Waals surface area contributed by atoms with Crippen LogP contribution in [0.5, 0.6) is 0 Å². The van der Waals surface area contributed by atoms with E-state index in [2.05, 4.69) is 4.98 Å². The van der Waals surface area contributed by atoms with Gasteiger partial charge in [-0.3, -0.25) is 4.98 Å². The molecule has 1 N–H and O–H groups in total. The Bertz CT molecular complexity index is 263. The predicted molar refractivity (Wildman–Crippen MR) is 55.3 cm³/mol. The Morgan fingerprint density at radius 2 is 2.36 bits per heavy atom. The van der Waals surface area contributed by atoms with E-state index in [1.165, 1.54) is 6.20 Å². The van der Waals surface area contributed by atoms with Gasteiger partial charge in [-0.05, 0) is 18.6 Å². The van der Waals surface area contributed by atoms with Gasteiger partial charge in [-0.25, -0.2) is 0 Å². The van der Waals surface area contributed by atoms with Crippen LogP contribution in [0.25, 0.3) is 0 Å². The standard InChI is InChI=1S/C10H14ClNO2/c1-2-5-14-7-10(13)9-4-3-8(11)6-12-9/h3-4,6,10,13H,2,5,7H2,1H3. The minimum Gasteiger partial charge on any atom is -0.384 e. The van der Waals surface area contributed by atoms with Crippen molar-refractivity contribution in [3.05, 3.63) is 29.0 Å². The third kappa shape index (κ3) is 3.62. The first kappa shape index (κ1) is 11.4. The summed E-state index contributed by atoms with van der Waals surface area (Å²) >= 11 is 5.67. The molecular formula is C10H14ClNO2. The number of halogens is 1. The number of nitrogens with zero attached hydrogens (tertiary/aromatic N) is 1. The quantitative estimate of drug-likeness (QED) is 0.766. The van der Waals surface area contributed by atoms with Crippen LogP contribution < -0.4 is 0 Å². The number of ether oxygens (including phenoxy) is 1. The van der Waals surface area contributed by atoms with Gasteiger partial charge in [0.2, 0.25) is 0 Å². The summed E-state index contributed by atoms with van der Waals surface area (Å²) in [6, 6.07) is 3.40. The van der Waals surface area contributed by atoms with Crippen molar-refractivity contribution >= 4 is 11.6 Å². The van der Waals surface area contributed by atoms with Crippen molar-refractivity contribution in [2.24, 2.45) is 0 Å². The van der Waals surface area contributed by atoms with Gasteiger partial charge in [0.1, 0.15) is 6.10 Å². The number of hydrogen-bond donors (Lipinski definition) is 1. The average molecular weight is 216 g/mol. The number of rotatable bonds is 5. The Balaban J connectivity index is 2.43. The molecule has 3 nitrogen and oxygen atoms in total. The van der Waals surface area contributed by atoms with E-state index in [0.717, 1.165) is 6.42 Å². The topological polar surface area (TPSA) is 42.4 Å². The molecule has 14 heavy (non-hydrogen) atoms. The third-order valence-corrected chi connectivity index (χ3v) is 1.94. The van der Waals surface area contributed by atoms with Gasteiger partial charge in [-0.2, -0.15) is 0 Å². The Kier molecular flexibility index (Phi) is 4.87. The Morgan fingerprint density at radius 1 is 1.57 bits per heavy atom. The molecule has 1 aromatic rings. The van der Waals surface area contributed by atoms with E-state index in [1.807, 2.05) is 6.92 Å². The normalized spacial score (nSPS) is 12.8. The Labute approximate surface area is 88.7 Å². The molecule has 1 rings (SSSR count). The van der Waals surface area contributed by atoms with Gasteiger partial charge in [-0.15, -0.1) is 0 Å². The molecule has 0 aromatic carbocycles. The Morgan fingerprint density at radius 3 is 2.93 bits per heavy atom. The van der Waals surface area contributed by atoms with Crippen molar-refractivity contribution < 1.29 is 9.84 Å². The largest absolute Gasteiger partial charge is 0.384 e. The second-order valence-electron chi connectivity index (χ2n) is 2.99. The van der Waals surface area contributed by atoms with Crippen LogP contribution >= 0.6 is 11.6 Å². The number of pyridine rings is 1. The van der Waals surface area contributed by atoms with Crippen LogP contribution in [-0.4, -0.2) is 23.3 Å². The van der Waals surface area contributed by atoms with Crippen LogP contribution in [-0.2, 0) is 4.74 Å². The number of aliphatic hydroxyl groups is 1. The van der Waals surface area contributed by atoms with Crippen LogP contribution in [0.2, 0.25) is 5.02 Å². The van der Waals surface area contributed by atoms with Crippen molar-refractivity contribution in [1.82, 2.24) is 4.98 Å². The molecular weight excluding hydrogens is 202 g/mol. The SMILES string of the molecule is CCCOCC(O)c1ccc(Cl)cn1. The molecule has 4 heteroatoms. The highest BCUT2D eigenvalue weighted by molar-refractivity contribution is 6.30. The first-order chi connectivity index (χ1) is 6.74. The van der Waals surface area contributed by atoms with Crippen LogP contribution in [0.4, 0.5) is 0 Å². The van der Waals surface area contributed by atoms with Crippen molar-refractivity contribution in [3.8, 4) is 0 Å². The van der Waals surface area contributed by atoms with E-state index < -0.39 is 6.10 Å². The third-order valence-electron chi connectivity index (χ3n) is 1.72. The maximum atomic E-state index is 9.61. The molecule has 0 fully saturated rings. The van der Waals surface area contributed by atoms with E-state index in [4.69, 9.17) is 16.3 Å². The van der Waals surface area contributed by atoms with Gasteiger partial charge in [0.05, 0.1) is 17.3 Å². The summed E-state index contributed by atoms with van der Waals surface area (Å²) in [5.41, 5.74) is 0.588. The average Bonchev–Trinajstić information content (AvgIpc) is 2.19. The molecule has 0 amide bonds. The van der Waals surface area contributed by atoms with E-state index in [1.54, 1.807) is 12.1 Å². The summed E-state index contributed by atoms with van der Waals surface area (Å²) in [6.07, 6.45) is 1.79. The van der Waals surface area contributed by atoms with Gasteiger partial charge >= 0.3 is 0 Å². The zero-order chi connectivity index (χ0) is 10.4. The minimum atomic E-state index is -0.668. The van der Waals surface area contributed by atoms with Crippen molar-refractivity contribution in [1.29, 1.82) is 0 Å². The van der Waals surface area contributed by atoms with Crippen molar-refractivity contribution in [3.63, 3.8) is 0 Å². The lowest BCUT2D eigenvalue weighted by Crippen LogP contribution is -2.09. The zero-order valence-corrected chi connectivity index (χ0v) is 8.87. The molecule has 0 saturated heterocycles. The summed E-state index contributed by atoms with van der Waals surface area (Å²) < 4.78 is 5.21. The summed E-state index contributed by atoms with van der Waals surface area (Å²) in [7, 11) is 0. The number of aliphatic hydroxyl groups excluding tert-OH is 1. The van der Waals surface area contributed by atoms with Crippen LogP contribution in [0.15, 0.2) is 18.3 Å². The number of hydrogen-bond acceptors (Lipinski definition) is 3. The van der Waals surface area contributed by atoms with Crippen molar-refractivity contribution in [2.45, 2.75) is 19.4 Å². The van der Waals surface area contributed by atoms with Crippen LogP contribution in [0, 0.1) is 0 Å². The van der Waals surface area contributed by atoms with Crippen LogP contribution in [0.1, 0.15) is 25.1 Å². The molecule has 0 radical (unpaired) electrons.